The lowest BCUT2D eigenvalue weighted by Gasteiger charge is -2.18. The molecule has 2 aromatic heterocycles. The maximum atomic E-state index is 12.9. The van der Waals surface area contributed by atoms with Crippen LogP contribution < -0.4 is 0 Å². The summed E-state index contributed by atoms with van der Waals surface area (Å²) in [6.07, 6.45) is 2.73. The van der Waals surface area contributed by atoms with Crippen LogP contribution >= 0.6 is 0 Å². The van der Waals surface area contributed by atoms with E-state index in [0.717, 1.165) is 41.1 Å². The van der Waals surface area contributed by atoms with Crippen molar-refractivity contribution in [3.05, 3.63) is 59.0 Å². The van der Waals surface area contributed by atoms with Gasteiger partial charge in [0.15, 0.2) is 5.65 Å². The number of hydrogen-bond acceptors (Lipinski definition) is 3. The highest BCUT2D eigenvalue weighted by Crippen LogP contribution is 2.29. The molecule has 1 aliphatic rings. The second-order valence-corrected chi connectivity index (χ2v) is 6.93. The van der Waals surface area contributed by atoms with Gasteiger partial charge in [0.05, 0.1) is 0 Å². The Hall–Kier alpha value is -2.69. The number of rotatable bonds is 2. The van der Waals surface area contributed by atoms with E-state index in [4.69, 9.17) is 4.98 Å². The average molecular weight is 334 g/mol. The molecule has 1 aromatic carbocycles. The van der Waals surface area contributed by atoms with Crippen molar-refractivity contribution in [3.8, 4) is 0 Å². The SMILES string of the molecule is Cc1ccc(C(=O)N2CC[C@@H](c3nc4cccnc4n3C)C2)c(C)c1. The minimum atomic E-state index is 0.122. The second-order valence-electron chi connectivity index (χ2n) is 6.93. The molecule has 5 nitrogen and oxygen atoms in total. The molecule has 0 radical (unpaired) electrons. The van der Waals surface area contributed by atoms with Gasteiger partial charge in [0.1, 0.15) is 11.3 Å². The van der Waals surface area contributed by atoms with Crippen molar-refractivity contribution in [3.63, 3.8) is 0 Å². The van der Waals surface area contributed by atoms with Gasteiger partial charge >= 0.3 is 0 Å². The Morgan fingerprint density at radius 3 is 2.84 bits per heavy atom. The van der Waals surface area contributed by atoms with E-state index in [1.54, 1.807) is 6.20 Å². The van der Waals surface area contributed by atoms with Gasteiger partial charge in [-0.3, -0.25) is 4.79 Å². The third kappa shape index (κ3) is 2.69. The molecular weight excluding hydrogens is 312 g/mol. The normalized spacial score (nSPS) is 17.4. The Balaban J connectivity index is 1.58. The Bertz CT molecular complexity index is 959. The van der Waals surface area contributed by atoms with Crippen molar-refractivity contribution in [1.29, 1.82) is 0 Å². The number of benzene rings is 1. The van der Waals surface area contributed by atoms with E-state index >= 15 is 0 Å². The fourth-order valence-electron chi connectivity index (χ4n) is 3.79. The molecule has 1 fully saturated rings. The first-order chi connectivity index (χ1) is 12.0. The number of fused-ring (bicyclic) bond motifs is 1. The summed E-state index contributed by atoms with van der Waals surface area (Å²) in [6, 6.07) is 9.91. The van der Waals surface area contributed by atoms with Crippen molar-refractivity contribution in [2.75, 3.05) is 13.1 Å². The predicted molar refractivity (Wildman–Crippen MR) is 97.7 cm³/mol. The zero-order valence-electron chi connectivity index (χ0n) is 14.9. The highest BCUT2D eigenvalue weighted by Gasteiger charge is 2.31. The van der Waals surface area contributed by atoms with E-state index in [-0.39, 0.29) is 11.8 Å². The third-order valence-corrected chi connectivity index (χ3v) is 5.12. The number of aryl methyl sites for hydroxylation is 3. The Kier molecular flexibility index (Phi) is 3.79. The number of carbonyl (C=O) groups is 1. The van der Waals surface area contributed by atoms with Gasteiger partial charge in [-0.1, -0.05) is 17.7 Å². The molecule has 0 aliphatic carbocycles. The maximum absolute atomic E-state index is 12.9. The van der Waals surface area contributed by atoms with E-state index < -0.39 is 0 Å². The number of likely N-dealkylation sites (tertiary alicyclic amines) is 1. The third-order valence-electron chi connectivity index (χ3n) is 5.12. The van der Waals surface area contributed by atoms with Gasteiger partial charge in [-0.15, -0.1) is 0 Å². The summed E-state index contributed by atoms with van der Waals surface area (Å²) in [5, 5.41) is 0. The fourth-order valence-corrected chi connectivity index (χ4v) is 3.79. The molecule has 5 heteroatoms. The first-order valence-electron chi connectivity index (χ1n) is 8.68. The van der Waals surface area contributed by atoms with Crippen LogP contribution in [0.1, 0.15) is 39.6 Å². The molecule has 1 atom stereocenters. The molecule has 3 aromatic rings. The number of carbonyl (C=O) groups excluding carboxylic acids is 1. The Labute approximate surface area is 147 Å². The van der Waals surface area contributed by atoms with Crippen LogP contribution in [0.4, 0.5) is 0 Å². The summed E-state index contributed by atoms with van der Waals surface area (Å²) in [7, 11) is 2.01. The van der Waals surface area contributed by atoms with E-state index in [2.05, 4.69) is 15.6 Å². The highest BCUT2D eigenvalue weighted by atomic mass is 16.2. The van der Waals surface area contributed by atoms with Crippen LogP contribution in [0.15, 0.2) is 36.5 Å². The molecule has 128 valence electrons. The smallest absolute Gasteiger partial charge is 0.254 e. The van der Waals surface area contributed by atoms with Crippen LogP contribution in [0.25, 0.3) is 11.2 Å². The molecule has 25 heavy (non-hydrogen) atoms. The quantitative estimate of drug-likeness (QED) is 0.723. The number of imidazole rings is 1. The van der Waals surface area contributed by atoms with E-state index in [0.29, 0.717) is 6.54 Å². The Morgan fingerprint density at radius 2 is 2.08 bits per heavy atom. The van der Waals surface area contributed by atoms with Crippen LogP contribution in [0.2, 0.25) is 0 Å². The Morgan fingerprint density at radius 1 is 1.24 bits per heavy atom. The highest BCUT2D eigenvalue weighted by molar-refractivity contribution is 5.96. The van der Waals surface area contributed by atoms with E-state index in [1.807, 2.05) is 50.1 Å². The van der Waals surface area contributed by atoms with Crippen molar-refractivity contribution in [2.24, 2.45) is 7.05 Å². The van der Waals surface area contributed by atoms with Gasteiger partial charge in [0, 0.05) is 37.8 Å². The first kappa shape index (κ1) is 15.8. The molecule has 0 bridgehead atoms. The molecular formula is C20H22N4O. The molecule has 1 saturated heterocycles. The number of nitrogens with zero attached hydrogens (tertiary/aromatic N) is 4. The summed E-state index contributed by atoms with van der Waals surface area (Å²) >= 11 is 0. The average Bonchev–Trinajstić information content (AvgIpc) is 3.20. The summed E-state index contributed by atoms with van der Waals surface area (Å²) in [5.41, 5.74) is 4.84. The standard InChI is InChI=1S/C20H22N4O/c1-13-6-7-16(14(2)11-13)20(25)24-10-8-15(12-24)18-22-17-5-4-9-21-19(17)23(18)3/h4-7,9,11,15H,8,10,12H2,1-3H3/t15-/m1/s1. The molecule has 0 N–H and O–H groups in total. The van der Waals surface area contributed by atoms with Gasteiger partial charge < -0.3 is 9.47 Å². The van der Waals surface area contributed by atoms with E-state index in [1.165, 1.54) is 5.56 Å². The summed E-state index contributed by atoms with van der Waals surface area (Å²) < 4.78 is 2.06. The number of hydrogen-bond donors (Lipinski definition) is 0. The molecule has 1 amide bonds. The second kappa shape index (κ2) is 5.99. The lowest BCUT2D eigenvalue weighted by molar-refractivity contribution is 0.0789. The lowest BCUT2D eigenvalue weighted by Crippen LogP contribution is -2.29. The monoisotopic (exact) mass is 334 g/mol. The summed E-state index contributed by atoms with van der Waals surface area (Å²) in [5.74, 6) is 1.40. The lowest BCUT2D eigenvalue weighted by atomic mass is 10.0. The topological polar surface area (TPSA) is 51.0 Å². The zero-order chi connectivity index (χ0) is 17.6. The van der Waals surface area contributed by atoms with Gasteiger partial charge in [-0.2, -0.15) is 0 Å². The van der Waals surface area contributed by atoms with Gasteiger partial charge in [-0.05, 0) is 44.0 Å². The van der Waals surface area contributed by atoms with Crippen LogP contribution in [-0.2, 0) is 7.05 Å². The van der Waals surface area contributed by atoms with Crippen LogP contribution in [0.5, 0.6) is 0 Å². The summed E-state index contributed by atoms with van der Waals surface area (Å²) in [6.45, 7) is 5.54. The van der Waals surface area contributed by atoms with Crippen molar-refractivity contribution >= 4 is 17.1 Å². The fraction of sp³-hybridized carbons (Fsp3) is 0.350. The molecule has 0 saturated carbocycles. The minimum Gasteiger partial charge on any atom is -0.338 e. The largest absolute Gasteiger partial charge is 0.338 e. The molecule has 4 rings (SSSR count). The molecule has 0 unspecified atom stereocenters. The van der Waals surface area contributed by atoms with Crippen LogP contribution in [-0.4, -0.2) is 38.4 Å². The van der Waals surface area contributed by atoms with Crippen LogP contribution in [0.3, 0.4) is 0 Å². The van der Waals surface area contributed by atoms with Crippen molar-refractivity contribution in [1.82, 2.24) is 19.4 Å². The van der Waals surface area contributed by atoms with Crippen molar-refractivity contribution < 1.29 is 4.79 Å². The molecule has 1 aliphatic heterocycles. The predicted octanol–water partition coefficient (Wildman–Crippen LogP) is 3.21. The minimum absolute atomic E-state index is 0.122. The number of amides is 1. The van der Waals surface area contributed by atoms with Gasteiger partial charge in [0.25, 0.3) is 5.91 Å². The van der Waals surface area contributed by atoms with Crippen LogP contribution in [0, 0.1) is 13.8 Å². The van der Waals surface area contributed by atoms with Gasteiger partial charge in [-0.25, -0.2) is 9.97 Å². The molecule has 0 spiro atoms. The van der Waals surface area contributed by atoms with Gasteiger partial charge in [0.2, 0.25) is 0 Å². The number of aromatic nitrogens is 3. The molecule has 3 heterocycles. The first-order valence-corrected chi connectivity index (χ1v) is 8.68. The van der Waals surface area contributed by atoms with E-state index in [9.17, 15) is 4.79 Å². The summed E-state index contributed by atoms with van der Waals surface area (Å²) in [4.78, 5) is 24.0. The zero-order valence-corrected chi connectivity index (χ0v) is 14.9. The number of pyridine rings is 1. The maximum Gasteiger partial charge on any atom is 0.254 e. The van der Waals surface area contributed by atoms with Crippen molar-refractivity contribution in [2.45, 2.75) is 26.2 Å².